The standard InChI is InChI=1S/C35H24BrN3/c36-32-22-21-29(26-16-9-10-18-30(26)32)28-19-20-31(27-17-8-7-15-25(27)28)35-38-33(23-11-3-1-4-12-23)37-34(39-35)24-13-5-2-6-14-24/h1-22,35H,(H,37,38,39). The number of nitrogens with zero attached hydrogens (tertiary/aromatic N) is 2. The summed E-state index contributed by atoms with van der Waals surface area (Å²) in [6.45, 7) is 0. The molecule has 0 atom stereocenters. The van der Waals surface area contributed by atoms with Gasteiger partial charge in [0, 0.05) is 21.2 Å². The van der Waals surface area contributed by atoms with Gasteiger partial charge in [0.15, 0.2) is 6.17 Å². The molecular formula is C35H24BrN3. The number of hydrogen-bond acceptors (Lipinski definition) is 3. The zero-order chi connectivity index (χ0) is 26.2. The molecule has 39 heavy (non-hydrogen) atoms. The number of fused-ring (bicyclic) bond motifs is 2. The monoisotopic (exact) mass is 565 g/mol. The summed E-state index contributed by atoms with van der Waals surface area (Å²) in [6.07, 6.45) is -0.378. The van der Waals surface area contributed by atoms with E-state index in [1.165, 1.54) is 27.3 Å². The third-order valence-electron chi connectivity index (χ3n) is 7.23. The Balaban J connectivity index is 1.42. The van der Waals surface area contributed by atoms with Crippen LogP contribution in [0.2, 0.25) is 0 Å². The zero-order valence-corrected chi connectivity index (χ0v) is 22.6. The van der Waals surface area contributed by atoms with Crippen LogP contribution in [0.5, 0.6) is 0 Å². The molecule has 1 aliphatic rings. The Morgan fingerprint density at radius 2 is 0.923 bits per heavy atom. The van der Waals surface area contributed by atoms with Gasteiger partial charge in [0.25, 0.3) is 0 Å². The molecule has 0 amide bonds. The highest BCUT2D eigenvalue weighted by Gasteiger charge is 2.23. The number of nitrogens with one attached hydrogen (secondary N) is 1. The van der Waals surface area contributed by atoms with E-state index in [0.717, 1.165) is 38.2 Å². The lowest BCUT2D eigenvalue weighted by Gasteiger charge is -2.23. The molecule has 0 fully saturated rings. The molecule has 0 spiro atoms. The van der Waals surface area contributed by atoms with Gasteiger partial charge in [-0.2, -0.15) is 0 Å². The van der Waals surface area contributed by atoms with Crippen LogP contribution in [0.1, 0.15) is 22.9 Å². The highest BCUT2D eigenvalue weighted by Crippen LogP contribution is 2.39. The van der Waals surface area contributed by atoms with E-state index < -0.39 is 0 Å². The number of rotatable bonds is 4. The lowest BCUT2D eigenvalue weighted by molar-refractivity contribution is 0.762. The van der Waals surface area contributed by atoms with Crippen LogP contribution >= 0.6 is 15.9 Å². The van der Waals surface area contributed by atoms with Crippen molar-refractivity contribution in [2.24, 2.45) is 9.98 Å². The van der Waals surface area contributed by atoms with Gasteiger partial charge in [-0.15, -0.1) is 0 Å². The van der Waals surface area contributed by atoms with E-state index >= 15 is 0 Å². The average molecular weight is 567 g/mol. The molecule has 0 radical (unpaired) electrons. The summed E-state index contributed by atoms with van der Waals surface area (Å²) in [5, 5.41) is 8.26. The molecule has 1 N–H and O–H groups in total. The number of hydrogen-bond donors (Lipinski definition) is 1. The Kier molecular flexibility index (Phi) is 6.03. The molecule has 4 heteroatoms. The summed E-state index contributed by atoms with van der Waals surface area (Å²) in [4.78, 5) is 10.2. The van der Waals surface area contributed by atoms with Crippen LogP contribution in [0.25, 0.3) is 32.7 Å². The fraction of sp³-hybridized carbons (Fsp3) is 0.0286. The van der Waals surface area contributed by atoms with Crippen LogP contribution < -0.4 is 5.32 Å². The minimum absolute atomic E-state index is 0.378. The third-order valence-corrected chi connectivity index (χ3v) is 7.92. The predicted molar refractivity (Wildman–Crippen MR) is 166 cm³/mol. The van der Waals surface area contributed by atoms with Gasteiger partial charge in [0.2, 0.25) is 0 Å². The first-order chi connectivity index (χ1) is 19.3. The molecule has 1 aliphatic heterocycles. The molecule has 186 valence electrons. The fourth-order valence-corrected chi connectivity index (χ4v) is 5.83. The fourth-order valence-electron chi connectivity index (χ4n) is 5.35. The maximum atomic E-state index is 5.12. The van der Waals surface area contributed by atoms with E-state index in [9.17, 15) is 0 Å². The van der Waals surface area contributed by atoms with Gasteiger partial charge in [-0.25, -0.2) is 9.98 Å². The molecule has 0 aliphatic carbocycles. The van der Waals surface area contributed by atoms with Gasteiger partial charge >= 0.3 is 0 Å². The second-order valence-electron chi connectivity index (χ2n) is 9.57. The van der Waals surface area contributed by atoms with E-state index in [1.807, 2.05) is 36.4 Å². The van der Waals surface area contributed by atoms with Crippen molar-refractivity contribution in [2.45, 2.75) is 6.17 Å². The van der Waals surface area contributed by atoms with Gasteiger partial charge < -0.3 is 5.32 Å². The lowest BCUT2D eigenvalue weighted by atomic mass is 9.91. The van der Waals surface area contributed by atoms with Crippen LogP contribution in [0.15, 0.2) is 148 Å². The molecule has 0 aromatic heterocycles. The van der Waals surface area contributed by atoms with E-state index in [0.29, 0.717) is 0 Å². The molecule has 3 nitrogen and oxygen atoms in total. The molecule has 0 saturated heterocycles. The minimum atomic E-state index is -0.378. The highest BCUT2D eigenvalue weighted by atomic mass is 79.9. The normalized spacial score (nSPS) is 13.7. The van der Waals surface area contributed by atoms with Crippen molar-refractivity contribution in [3.8, 4) is 11.1 Å². The van der Waals surface area contributed by atoms with Crippen LogP contribution in [0.4, 0.5) is 0 Å². The molecule has 0 bridgehead atoms. The number of halogens is 1. The summed E-state index contributed by atoms with van der Waals surface area (Å²) < 4.78 is 1.10. The van der Waals surface area contributed by atoms with Crippen LogP contribution in [0.3, 0.4) is 0 Å². The molecule has 0 saturated carbocycles. The van der Waals surface area contributed by atoms with Crippen LogP contribution in [-0.2, 0) is 0 Å². The van der Waals surface area contributed by atoms with Crippen molar-refractivity contribution in [1.29, 1.82) is 0 Å². The summed E-state index contributed by atoms with van der Waals surface area (Å²) in [5.74, 6) is 1.64. The number of aliphatic imine (C=N–C) groups is 2. The first-order valence-corrected chi connectivity index (χ1v) is 13.8. The Hall–Kier alpha value is -4.54. The van der Waals surface area contributed by atoms with E-state index in [2.05, 4.69) is 118 Å². The predicted octanol–water partition coefficient (Wildman–Crippen LogP) is 8.92. The third kappa shape index (κ3) is 4.33. The smallest absolute Gasteiger partial charge is 0.170 e. The van der Waals surface area contributed by atoms with Crippen molar-refractivity contribution < 1.29 is 0 Å². The Morgan fingerprint density at radius 3 is 1.51 bits per heavy atom. The quantitative estimate of drug-likeness (QED) is 0.227. The van der Waals surface area contributed by atoms with Crippen molar-refractivity contribution in [1.82, 2.24) is 5.32 Å². The average Bonchev–Trinajstić information content (AvgIpc) is 3.02. The Labute approximate surface area is 235 Å². The van der Waals surface area contributed by atoms with Crippen LogP contribution in [-0.4, -0.2) is 11.7 Å². The first kappa shape index (κ1) is 23.6. The van der Waals surface area contributed by atoms with Gasteiger partial charge in [0.05, 0.1) is 0 Å². The van der Waals surface area contributed by atoms with Gasteiger partial charge in [-0.05, 0) is 38.7 Å². The molecule has 0 unspecified atom stereocenters. The maximum absolute atomic E-state index is 5.12. The molecular weight excluding hydrogens is 542 g/mol. The minimum Gasteiger partial charge on any atom is -0.324 e. The largest absolute Gasteiger partial charge is 0.324 e. The topological polar surface area (TPSA) is 36.8 Å². The summed E-state index contributed by atoms with van der Waals surface area (Å²) >= 11 is 3.73. The molecule has 1 heterocycles. The zero-order valence-electron chi connectivity index (χ0n) is 21.1. The lowest BCUT2D eigenvalue weighted by Crippen LogP contribution is -2.36. The van der Waals surface area contributed by atoms with E-state index in [4.69, 9.17) is 9.98 Å². The number of amidine groups is 2. The Morgan fingerprint density at radius 1 is 0.462 bits per heavy atom. The van der Waals surface area contributed by atoms with Gasteiger partial charge in [0.1, 0.15) is 11.7 Å². The SMILES string of the molecule is Brc1ccc(-c2ccc(C3N=C(c4ccccc4)NC(c4ccccc4)=N3)c3ccccc23)c2ccccc12. The van der Waals surface area contributed by atoms with Gasteiger partial charge in [-0.3, -0.25) is 0 Å². The summed E-state index contributed by atoms with van der Waals surface area (Å²) in [5.41, 5.74) is 5.57. The van der Waals surface area contributed by atoms with Crippen LogP contribution in [0, 0.1) is 0 Å². The highest BCUT2D eigenvalue weighted by molar-refractivity contribution is 9.10. The molecule has 6 aromatic rings. The van der Waals surface area contributed by atoms with Crippen molar-refractivity contribution in [3.63, 3.8) is 0 Å². The Bertz CT molecular complexity index is 1840. The van der Waals surface area contributed by atoms with E-state index in [1.54, 1.807) is 0 Å². The first-order valence-electron chi connectivity index (χ1n) is 13.0. The summed E-state index contributed by atoms with van der Waals surface area (Å²) in [7, 11) is 0. The van der Waals surface area contributed by atoms with Crippen molar-refractivity contribution in [3.05, 3.63) is 155 Å². The molecule has 7 rings (SSSR count). The molecule has 6 aromatic carbocycles. The second kappa shape index (κ2) is 9.97. The van der Waals surface area contributed by atoms with Crippen molar-refractivity contribution in [2.75, 3.05) is 0 Å². The number of benzene rings is 6. The van der Waals surface area contributed by atoms with Crippen molar-refractivity contribution >= 4 is 49.1 Å². The maximum Gasteiger partial charge on any atom is 0.170 e. The van der Waals surface area contributed by atoms with Gasteiger partial charge in [-0.1, -0.05) is 143 Å². The van der Waals surface area contributed by atoms with E-state index in [-0.39, 0.29) is 6.17 Å². The summed E-state index contributed by atoms with van der Waals surface area (Å²) in [6, 6.07) is 46.4. The second-order valence-corrected chi connectivity index (χ2v) is 10.4.